The Morgan fingerprint density at radius 2 is 1.42 bits per heavy atom. The molecule has 0 heterocycles. The summed E-state index contributed by atoms with van der Waals surface area (Å²) in [7, 11) is -1.34. The lowest BCUT2D eigenvalue weighted by Gasteiger charge is -2.08. The average Bonchev–Trinajstić information content (AvgIpc) is 2.42. The maximum absolute atomic E-state index is 9.28. The summed E-state index contributed by atoms with van der Waals surface area (Å²) < 4.78 is 0. The van der Waals surface area contributed by atoms with Crippen molar-refractivity contribution in [2.75, 3.05) is 0 Å². The molecule has 0 fully saturated rings. The Labute approximate surface area is 118 Å². The highest BCUT2D eigenvalue weighted by Gasteiger charge is 2.14. The van der Waals surface area contributed by atoms with Gasteiger partial charge in [-0.3, -0.25) is 0 Å². The Bertz CT molecular complexity index is 339. The van der Waals surface area contributed by atoms with Crippen molar-refractivity contribution in [1.82, 2.24) is 0 Å². The second-order valence-electron chi connectivity index (χ2n) is 5.30. The summed E-state index contributed by atoms with van der Waals surface area (Å²) in [6.07, 6.45) is 11.4. The summed E-state index contributed by atoms with van der Waals surface area (Å²) in [5, 5.41) is 18.6. The normalized spacial score (nSPS) is 10.7. The molecule has 0 spiro atoms. The third-order valence-corrected chi connectivity index (χ3v) is 3.63. The van der Waals surface area contributed by atoms with Crippen molar-refractivity contribution in [2.45, 2.75) is 64.7 Å². The van der Waals surface area contributed by atoms with Crippen LogP contribution in [0.5, 0.6) is 0 Å². The number of unbranched alkanes of at least 4 members (excludes halogenated alkanes) is 7. The number of hydrogen-bond acceptors (Lipinski definition) is 2. The molecule has 0 radical (unpaired) electrons. The van der Waals surface area contributed by atoms with Gasteiger partial charge in [0.2, 0.25) is 0 Å². The smallest absolute Gasteiger partial charge is 0.423 e. The van der Waals surface area contributed by atoms with Gasteiger partial charge in [0.15, 0.2) is 0 Å². The van der Waals surface area contributed by atoms with E-state index in [1.807, 2.05) is 18.2 Å². The zero-order chi connectivity index (χ0) is 13.9. The molecule has 2 nitrogen and oxygen atoms in total. The van der Waals surface area contributed by atoms with Crippen molar-refractivity contribution in [2.24, 2.45) is 0 Å². The Morgan fingerprint density at radius 3 is 2.05 bits per heavy atom. The topological polar surface area (TPSA) is 40.5 Å². The molecule has 0 aliphatic rings. The molecular formula is C16H27BO2. The fourth-order valence-electron chi connectivity index (χ4n) is 2.46. The molecule has 1 rings (SSSR count). The molecule has 0 unspecified atom stereocenters. The summed E-state index contributed by atoms with van der Waals surface area (Å²) in [4.78, 5) is 0. The second-order valence-corrected chi connectivity index (χ2v) is 5.30. The van der Waals surface area contributed by atoms with Gasteiger partial charge in [-0.15, -0.1) is 0 Å². The third-order valence-electron chi connectivity index (χ3n) is 3.63. The molecular weight excluding hydrogens is 235 g/mol. The van der Waals surface area contributed by atoms with Gasteiger partial charge < -0.3 is 10.0 Å². The highest BCUT2D eigenvalue weighted by molar-refractivity contribution is 6.59. The first-order chi connectivity index (χ1) is 9.25. The number of hydrogen-bond donors (Lipinski definition) is 2. The second kappa shape index (κ2) is 10.0. The highest BCUT2D eigenvalue weighted by atomic mass is 16.4. The molecule has 2 N–H and O–H groups in total. The predicted molar refractivity (Wildman–Crippen MR) is 82.6 cm³/mol. The summed E-state index contributed by atoms with van der Waals surface area (Å²) in [5.41, 5.74) is 1.73. The molecule has 19 heavy (non-hydrogen) atoms. The molecule has 0 amide bonds. The van der Waals surface area contributed by atoms with Crippen molar-refractivity contribution in [3.63, 3.8) is 0 Å². The molecule has 0 aromatic heterocycles. The van der Waals surface area contributed by atoms with Crippen LogP contribution in [0.25, 0.3) is 0 Å². The van der Waals surface area contributed by atoms with Gasteiger partial charge >= 0.3 is 7.12 Å². The maximum atomic E-state index is 9.28. The molecule has 106 valence electrons. The van der Waals surface area contributed by atoms with E-state index in [9.17, 15) is 10.0 Å². The fourth-order valence-corrected chi connectivity index (χ4v) is 2.46. The molecule has 1 aromatic rings. The van der Waals surface area contributed by atoms with Crippen LogP contribution >= 0.6 is 0 Å². The van der Waals surface area contributed by atoms with Crippen LogP contribution in [0.4, 0.5) is 0 Å². The Kier molecular flexibility index (Phi) is 8.60. The SMILES string of the molecule is CCCCCCCCCCc1ccccc1B(O)O. The average molecular weight is 262 g/mol. The van der Waals surface area contributed by atoms with E-state index in [0.29, 0.717) is 5.46 Å². The van der Waals surface area contributed by atoms with E-state index in [-0.39, 0.29) is 0 Å². The third kappa shape index (κ3) is 6.79. The van der Waals surface area contributed by atoms with Crippen molar-refractivity contribution in [1.29, 1.82) is 0 Å². The van der Waals surface area contributed by atoms with Gasteiger partial charge in [0, 0.05) is 0 Å². The zero-order valence-electron chi connectivity index (χ0n) is 12.1. The zero-order valence-corrected chi connectivity index (χ0v) is 12.1. The lowest BCUT2D eigenvalue weighted by Crippen LogP contribution is -2.32. The molecule has 0 bridgehead atoms. The minimum absolute atomic E-state index is 0.658. The van der Waals surface area contributed by atoms with Gasteiger partial charge in [0.05, 0.1) is 0 Å². The minimum Gasteiger partial charge on any atom is -0.423 e. The molecule has 0 aliphatic heterocycles. The van der Waals surface area contributed by atoms with E-state index in [2.05, 4.69) is 6.92 Å². The van der Waals surface area contributed by atoms with E-state index < -0.39 is 7.12 Å². The van der Waals surface area contributed by atoms with Crippen LogP contribution in [0.1, 0.15) is 63.9 Å². The van der Waals surface area contributed by atoms with E-state index in [1.54, 1.807) is 6.07 Å². The van der Waals surface area contributed by atoms with Gasteiger partial charge in [-0.05, 0) is 23.9 Å². The summed E-state index contributed by atoms with van der Waals surface area (Å²) >= 11 is 0. The largest absolute Gasteiger partial charge is 0.488 e. The van der Waals surface area contributed by atoms with Crippen LogP contribution in [0.15, 0.2) is 24.3 Å². The van der Waals surface area contributed by atoms with Gasteiger partial charge in [-0.1, -0.05) is 76.1 Å². The van der Waals surface area contributed by atoms with Crippen LogP contribution in [0.3, 0.4) is 0 Å². The van der Waals surface area contributed by atoms with E-state index >= 15 is 0 Å². The Balaban J connectivity index is 2.16. The van der Waals surface area contributed by atoms with E-state index in [4.69, 9.17) is 0 Å². The molecule has 0 atom stereocenters. The maximum Gasteiger partial charge on any atom is 0.488 e. The van der Waals surface area contributed by atoms with Crippen LogP contribution < -0.4 is 5.46 Å². The van der Waals surface area contributed by atoms with Crippen LogP contribution in [0.2, 0.25) is 0 Å². The fraction of sp³-hybridized carbons (Fsp3) is 0.625. The Hall–Kier alpha value is -0.795. The summed E-state index contributed by atoms with van der Waals surface area (Å²) in [5.74, 6) is 0. The van der Waals surface area contributed by atoms with Gasteiger partial charge in [-0.2, -0.15) is 0 Å². The summed E-state index contributed by atoms with van der Waals surface area (Å²) in [6.45, 7) is 2.24. The highest BCUT2D eigenvalue weighted by Crippen LogP contribution is 2.10. The molecule has 0 saturated carbocycles. The Morgan fingerprint density at radius 1 is 0.842 bits per heavy atom. The lowest BCUT2D eigenvalue weighted by atomic mass is 9.76. The quantitative estimate of drug-likeness (QED) is 0.502. The van der Waals surface area contributed by atoms with Crippen molar-refractivity contribution < 1.29 is 10.0 Å². The first-order valence-corrected chi connectivity index (χ1v) is 7.69. The lowest BCUT2D eigenvalue weighted by molar-refractivity contribution is 0.425. The number of aryl methyl sites for hydroxylation is 1. The van der Waals surface area contributed by atoms with Crippen LogP contribution in [0, 0.1) is 0 Å². The van der Waals surface area contributed by atoms with Crippen LogP contribution in [-0.2, 0) is 6.42 Å². The van der Waals surface area contributed by atoms with Gasteiger partial charge in [-0.25, -0.2) is 0 Å². The van der Waals surface area contributed by atoms with Crippen molar-refractivity contribution in [3.05, 3.63) is 29.8 Å². The van der Waals surface area contributed by atoms with E-state index in [1.165, 1.54) is 44.9 Å². The standard InChI is InChI=1S/C16H27BO2/c1-2-3-4-5-6-7-8-9-12-15-13-10-11-14-16(15)17(18)19/h10-11,13-14,18-19H,2-9,12H2,1H3. The predicted octanol–water partition coefficient (Wildman–Crippen LogP) is 3.05. The monoisotopic (exact) mass is 262 g/mol. The number of rotatable bonds is 10. The minimum atomic E-state index is -1.34. The van der Waals surface area contributed by atoms with Crippen LogP contribution in [-0.4, -0.2) is 17.2 Å². The first-order valence-electron chi connectivity index (χ1n) is 7.69. The van der Waals surface area contributed by atoms with Crippen molar-refractivity contribution >= 4 is 12.6 Å². The first kappa shape index (κ1) is 16.3. The van der Waals surface area contributed by atoms with E-state index in [0.717, 1.165) is 18.4 Å². The van der Waals surface area contributed by atoms with Gasteiger partial charge in [0.25, 0.3) is 0 Å². The van der Waals surface area contributed by atoms with Crippen molar-refractivity contribution in [3.8, 4) is 0 Å². The summed E-state index contributed by atoms with van der Waals surface area (Å²) in [6, 6.07) is 7.61. The molecule has 3 heteroatoms. The molecule has 0 aliphatic carbocycles. The molecule has 1 aromatic carbocycles. The van der Waals surface area contributed by atoms with Gasteiger partial charge in [0.1, 0.15) is 0 Å². The molecule has 0 saturated heterocycles. The number of benzene rings is 1.